The zero-order valence-corrected chi connectivity index (χ0v) is 16.4. The highest BCUT2D eigenvalue weighted by Gasteiger charge is 2.29. The number of hydrogen-bond acceptors (Lipinski definition) is 6. The Bertz CT molecular complexity index is 737. The highest BCUT2D eigenvalue weighted by Crippen LogP contribution is 2.28. The molecule has 1 saturated carbocycles. The maximum Gasteiger partial charge on any atom is 0.407 e. The van der Waals surface area contributed by atoms with Crippen LogP contribution in [0, 0.1) is 5.92 Å². The van der Waals surface area contributed by atoms with Crippen molar-refractivity contribution in [3.63, 3.8) is 0 Å². The largest absolute Gasteiger partial charge is 0.477 e. The minimum absolute atomic E-state index is 0.193. The van der Waals surface area contributed by atoms with E-state index in [4.69, 9.17) is 9.84 Å². The Morgan fingerprint density at radius 2 is 1.85 bits per heavy atom. The second kappa shape index (κ2) is 8.43. The molecule has 2 aliphatic rings. The number of carbonyl (C=O) groups is 1. The van der Waals surface area contributed by atoms with Gasteiger partial charge in [0.1, 0.15) is 0 Å². The van der Waals surface area contributed by atoms with Gasteiger partial charge in [-0.3, -0.25) is 4.90 Å². The Balaban J connectivity index is 1.40. The number of nitrogens with zero attached hydrogens (tertiary/aromatic N) is 3. The quantitative estimate of drug-likeness (QED) is 0.807. The van der Waals surface area contributed by atoms with E-state index in [2.05, 4.69) is 9.88 Å². The summed E-state index contributed by atoms with van der Waals surface area (Å²) in [6.45, 7) is 3.40. The third-order valence-corrected chi connectivity index (χ3v) is 6.62. The number of amides is 1. The van der Waals surface area contributed by atoms with E-state index < -0.39 is 15.9 Å². The van der Waals surface area contributed by atoms with Gasteiger partial charge in [0.25, 0.3) is 0 Å². The van der Waals surface area contributed by atoms with Crippen molar-refractivity contribution in [2.45, 2.75) is 36.6 Å². The van der Waals surface area contributed by atoms with Crippen molar-refractivity contribution in [2.24, 2.45) is 5.92 Å². The second-order valence-corrected chi connectivity index (χ2v) is 9.41. The van der Waals surface area contributed by atoms with Crippen LogP contribution >= 0.6 is 0 Å². The van der Waals surface area contributed by atoms with Crippen molar-refractivity contribution in [1.82, 2.24) is 14.8 Å². The lowest BCUT2D eigenvalue weighted by molar-refractivity contribution is 0.0616. The van der Waals surface area contributed by atoms with Gasteiger partial charge in [0.05, 0.1) is 11.5 Å². The summed E-state index contributed by atoms with van der Waals surface area (Å²) < 4.78 is 28.6. The lowest BCUT2D eigenvalue weighted by Crippen LogP contribution is -2.52. The molecule has 1 amide bonds. The van der Waals surface area contributed by atoms with Gasteiger partial charge in [-0.25, -0.2) is 18.2 Å². The van der Waals surface area contributed by atoms with E-state index in [1.54, 1.807) is 6.07 Å². The molecule has 2 fully saturated rings. The first kappa shape index (κ1) is 19.9. The van der Waals surface area contributed by atoms with E-state index in [-0.39, 0.29) is 4.90 Å². The molecule has 0 radical (unpaired) electrons. The van der Waals surface area contributed by atoms with Crippen LogP contribution < -0.4 is 4.74 Å². The number of piperazine rings is 1. The molecular weight excluding hydrogens is 370 g/mol. The van der Waals surface area contributed by atoms with Crippen LogP contribution in [0.1, 0.15) is 25.7 Å². The Hall–Kier alpha value is -1.87. The molecular formula is C18H27N3O5S. The van der Waals surface area contributed by atoms with E-state index in [0.29, 0.717) is 37.5 Å². The fourth-order valence-electron chi connectivity index (χ4n) is 3.83. The Labute approximate surface area is 160 Å². The first-order valence-corrected chi connectivity index (χ1v) is 11.2. The summed E-state index contributed by atoms with van der Waals surface area (Å²) in [7, 11) is -3.24. The number of ether oxygens (including phenoxy) is 1. The van der Waals surface area contributed by atoms with Crippen molar-refractivity contribution >= 4 is 15.9 Å². The van der Waals surface area contributed by atoms with Gasteiger partial charge < -0.3 is 14.7 Å². The van der Waals surface area contributed by atoms with Gasteiger partial charge in [0.2, 0.25) is 5.88 Å². The number of hydrogen-bond donors (Lipinski definition) is 1. The van der Waals surface area contributed by atoms with Crippen LogP contribution in [0.15, 0.2) is 23.2 Å². The summed E-state index contributed by atoms with van der Waals surface area (Å²) >= 11 is 0. The third-order valence-electron chi connectivity index (χ3n) is 5.52. The molecule has 1 aliphatic heterocycles. The third kappa shape index (κ3) is 5.32. The van der Waals surface area contributed by atoms with Gasteiger partial charge in [0, 0.05) is 50.7 Å². The van der Waals surface area contributed by atoms with Crippen LogP contribution in [0.4, 0.5) is 4.79 Å². The van der Waals surface area contributed by atoms with E-state index >= 15 is 0 Å². The van der Waals surface area contributed by atoms with Crippen LogP contribution in [-0.2, 0) is 9.84 Å². The average Bonchev–Trinajstić information content (AvgIpc) is 2.66. The summed E-state index contributed by atoms with van der Waals surface area (Å²) in [6, 6.07) is 3.65. The molecule has 1 aromatic heterocycles. The smallest absolute Gasteiger partial charge is 0.407 e. The average molecular weight is 397 g/mol. The predicted molar refractivity (Wildman–Crippen MR) is 99.8 cm³/mol. The summed E-state index contributed by atoms with van der Waals surface area (Å²) in [5.74, 6) is 0.923. The minimum Gasteiger partial charge on any atom is -0.477 e. The van der Waals surface area contributed by atoms with Crippen molar-refractivity contribution in [3.05, 3.63) is 18.3 Å². The maximum atomic E-state index is 11.4. The van der Waals surface area contributed by atoms with Gasteiger partial charge in [-0.15, -0.1) is 0 Å². The summed E-state index contributed by atoms with van der Waals surface area (Å²) in [6.07, 6.45) is 6.01. The summed E-state index contributed by atoms with van der Waals surface area (Å²) in [4.78, 5) is 19.2. The number of rotatable bonds is 5. The van der Waals surface area contributed by atoms with Crippen LogP contribution in [0.5, 0.6) is 5.88 Å². The molecule has 2 heterocycles. The van der Waals surface area contributed by atoms with Gasteiger partial charge in [-0.2, -0.15) is 0 Å². The van der Waals surface area contributed by atoms with E-state index in [9.17, 15) is 13.2 Å². The Morgan fingerprint density at radius 1 is 1.19 bits per heavy atom. The van der Waals surface area contributed by atoms with Gasteiger partial charge in [0.15, 0.2) is 9.84 Å². The van der Waals surface area contributed by atoms with Gasteiger partial charge in [-0.05, 0) is 37.7 Å². The number of sulfone groups is 1. The fourth-order valence-corrected chi connectivity index (χ4v) is 4.39. The molecule has 0 aromatic carbocycles. The molecule has 8 nitrogen and oxygen atoms in total. The number of aromatic nitrogens is 1. The van der Waals surface area contributed by atoms with Gasteiger partial charge >= 0.3 is 6.09 Å². The highest BCUT2D eigenvalue weighted by atomic mass is 32.2. The topological polar surface area (TPSA) is 100 Å². The molecule has 150 valence electrons. The zero-order valence-electron chi connectivity index (χ0n) is 15.6. The molecule has 3 rings (SSSR count). The Morgan fingerprint density at radius 3 is 2.37 bits per heavy atom. The number of pyridine rings is 1. The molecule has 0 unspecified atom stereocenters. The monoisotopic (exact) mass is 397 g/mol. The standard InChI is InChI=1S/C18H27N3O5S/c1-27(24,25)16-6-7-17(19-12-16)26-13-14-2-4-15(5-3-14)20-8-10-21(11-9-20)18(22)23/h6-7,12,14-15H,2-5,8-11,13H2,1H3,(H,22,23). The maximum absolute atomic E-state index is 11.4. The van der Waals surface area contributed by atoms with Crippen LogP contribution in [0.3, 0.4) is 0 Å². The molecule has 1 saturated heterocycles. The molecule has 0 spiro atoms. The SMILES string of the molecule is CS(=O)(=O)c1ccc(OCC2CCC(N3CCN(C(=O)O)CC3)CC2)nc1. The van der Waals surface area contributed by atoms with Crippen molar-refractivity contribution < 1.29 is 23.1 Å². The molecule has 27 heavy (non-hydrogen) atoms. The van der Waals surface area contributed by atoms with Crippen molar-refractivity contribution in [2.75, 3.05) is 39.0 Å². The normalized spacial score (nSPS) is 24.6. The lowest BCUT2D eigenvalue weighted by Gasteiger charge is -2.41. The molecule has 9 heteroatoms. The van der Waals surface area contributed by atoms with Crippen LogP contribution in [0.2, 0.25) is 0 Å². The van der Waals surface area contributed by atoms with Crippen LogP contribution in [0.25, 0.3) is 0 Å². The molecule has 1 aromatic rings. The van der Waals surface area contributed by atoms with Gasteiger partial charge in [-0.1, -0.05) is 0 Å². The van der Waals surface area contributed by atoms with E-state index in [1.807, 2.05) is 0 Å². The summed E-state index contributed by atoms with van der Waals surface area (Å²) in [5, 5.41) is 9.04. The molecule has 0 atom stereocenters. The molecule has 1 aliphatic carbocycles. The predicted octanol–water partition coefficient (Wildman–Crippen LogP) is 1.72. The first-order chi connectivity index (χ1) is 12.8. The second-order valence-electron chi connectivity index (χ2n) is 7.40. The Kier molecular flexibility index (Phi) is 6.21. The van der Waals surface area contributed by atoms with Crippen molar-refractivity contribution in [1.29, 1.82) is 0 Å². The lowest BCUT2D eigenvalue weighted by atomic mass is 9.85. The van der Waals surface area contributed by atoms with E-state index in [1.165, 1.54) is 17.2 Å². The molecule has 0 bridgehead atoms. The molecule has 1 N–H and O–H groups in total. The van der Waals surface area contributed by atoms with E-state index in [0.717, 1.165) is 45.0 Å². The fraction of sp³-hybridized carbons (Fsp3) is 0.667. The zero-order chi connectivity index (χ0) is 19.4. The highest BCUT2D eigenvalue weighted by molar-refractivity contribution is 7.90. The number of carboxylic acid groups (broad SMARTS) is 1. The minimum atomic E-state index is -3.24. The van der Waals surface area contributed by atoms with Crippen molar-refractivity contribution in [3.8, 4) is 5.88 Å². The first-order valence-electron chi connectivity index (χ1n) is 9.34. The van der Waals surface area contributed by atoms with Crippen LogP contribution in [-0.4, -0.2) is 79.5 Å². The summed E-state index contributed by atoms with van der Waals surface area (Å²) in [5.41, 5.74) is 0.